The predicted molar refractivity (Wildman–Crippen MR) is 72.2 cm³/mol. The van der Waals surface area contributed by atoms with Crippen LogP contribution in [0.15, 0.2) is 5.38 Å². The Labute approximate surface area is 107 Å². The van der Waals surface area contributed by atoms with Crippen molar-refractivity contribution in [3.8, 4) is 0 Å². The summed E-state index contributed by atoms with van der Waals surface area (Å²) >= 11 is 1.47. The summed E-state index contributed by atoms with van der Waals surface area (Å²) in [6.45, 7) is 8.06. The third-order valence-corrected chi connectivity index (χ3v) is 3.82. The van der Waals surface area contributed by atoms with E-state index < -0.39 is 0 Å². The molecule has 0 fully saturated rings. The maximum Gasteiger partial charge on any atom is 0.229 e. The van der Waals surface area contributed by atoms with Gasteiger partial charge in [-0.1, -0.05) is 20.8 Å². The number of nitrogens with one attached hydrogen (secondary N) is 2. The largest absolute Gasteiger partial charge is 0.312 e. The molecule has 17 heavy (non-hydrogen) atoms. The Balaban J connectivity index is 2.63. The number of hydrogen-bond donors (Lipinski definition) is 2. The summed E-state index contributed by atoms with van der Waals surface area (Å²) in [6.07, 6.45) is 0. The van der Waals surface area contributed by atoms with Crippen molar-refractivity contribution in [3.63, 3.8) is 0 Å². The maximum absolute atomic E-state index is 11.8. The van der Waals surface area contributed by atoms with Gasteiger partial charge in [-0.05, 0) is 19.9 Å². The quantitative estimate of drug-likeness (QED) is 0.850. The lowest BCUT2D eigenvalue weighted by atomic mass is 9.97. The summed E-state index contributed by atoms with van der Waals surface area (Å²) in [5.74, 6) is 0.382. The molecule has 1 amide bonds. The third kappa shape index (κ3) is 3.78. The first-order valence-corrected chi connectivity index (χ1v) is 6.77. The van der Waals surface area contributed by atoms with Crippen molar-refractivity contribution >= 4 is 22.4 Å². The highest BCUT2D eigenvalue weighted by Crippen LogP contribution is 2.21. The van der Waals surface area contributed by atoms with Gasteiger partial charge in [-0.15, -0.1) is 11.3 Å². The molecule has 0 aliphatic heterocycles. The number of anilines is 1. The molecule has 0 aromatic carbocycles. The first-order valence-electron chi connectivity index (χ1n) is 5.89. The molecule has 1 aromatic rings. The van der Waals surface area contributed by atoms with Gasteiger partial charge in [0.25, 0.3) is 0 Å². The van der Waals surface area contributed by atoms with Crippen LogP contribution in [-0.4, -0.2) is 17.9 Å². The van der Waals surface area contributed by atoms with Gasteiger partial charge in [-0.2, -0.15) is 0 Å². The molecule has 4 nitrogen and oxygen atoms in total. The average Bonchev–Trinajstić information content (AvgIpc) is 2.75. The Hall–Kier alpha value is -0.940. The Morgan fingerprint density at radius 2 is 2.00 bits per heavy atom. The van der Waals surface area contributed by atoms with Crippen LogP contribution < -0.4 is 10.6 Å². The molecule has 1 aromatic heterocycles. The molecule has 2 atom stereocenters. The summed E-state index contributed by atoms with van der Waals surface area (Å²) in [5, 5.41) is 8.63. The van der Waals surface area contributed by atoms with Crippen molar-refractivity contribution in [3.05, 3.63) is 11.1 Å². The third-order valence-electron chi connectivity index (χ3n) is 3.04. The van der Waals surface area contributed by atoms with E-state index in [0.29, 0.717) is 11.0 Å². The first kappa shape index (κ1) is 14.1. The molecule has 1 heterocycles. The molecule has 5 heteroatoms. The Morgan fingerprint density at radius 3 is 2.53 bits per heavy atom. The van der Waals surface area contributed by atoms with E-state index in [0.717, 1.165) is 5.69 Å². The van der Waals surface area contributed by atoms with Gasteiger partial charge in [0, 0.05) is 17.3 Å². The van der Waals surface area contributed by atoms with Gasteiger partial charge >= 0.3 is 0 Å². The predicted octanol–water partition coefficient (Wildman–Crippen LogP) is 2.65. The SMILES string of the molecule is CNC(C)c1csc(NC(=O)C(C)C(C)C)n1. The van der Waals surface area contributed by atoms with Crippen molar-refractivity contribution in [2.45, 2.75) is 33.7 Å². The molecule has 0 saturated heterocycles. The number of hydrogen-bond acceptors (Lipinski definition) is 4. The second kappa shape index (κ2) is 6.12. The first-order chi connectivity index (χ1) is 7.95. The highest BCUT2D eigenvalue weighted by molar-refractivity contribution is 7.13. The second-order valence-electron chi connectivity index (χ2n) is 4.61. The molecule has 0 radical (unpaired) electrons. The number of nitrogens with zero attached hydrogens (tertiary/aromatic N) is 1. The Bertz CT molecular complexity index is 376. The fourth-order valence-electron chi connectivity index (χ4n) is 1.21. The number of rotatable bonds is 5. The Kier molecular flexibility index (Phi) is 5.08. The van der Waals surface area contributed by atoms with E-state index >= 15 is 0 Å². The minimum absolute atomic E-state index is 0.00377. The van der Waals surface area contributed by atoms with Gasteiger partial charge in [0.15, 0.2) is 5.13 Å². The van der Waals surface area contributed by atoms with Crippen molar-refractivity contribution in [2.24, 2.45) is 11.8 Å². The van der Waals surface area contributed by atoms with Crippen LogP contribution in [0.3, 0.4) is 0 Å². The zero-order valence-corrected chi connectivity index (χ0v) is 11.9. The van der Waals surface area contributed by atoms with E-state index in [2.05, 4.69) is 15.6 Å². The molecule has 2 N–H and O–H groups in total. The van der Waals surface area contributed by atoms with Crippen molar-refractivity contribution in [2.75, 3.05) is 12.4 Å². The van der Waals surface area contributed by atoms with Gasteiger partial charge in [0.1, 0.15) is 0 Å². The van der Waals surface area contributed by atoms with Crippen LogP contribution >= 0.6 is 11.3 Å². The number of amides is 1. The molecule has 0 saturated carbocycles. The molecular formula is C12H21N3OS. The van der Waals surface area contributed by atoms with E-state index in [-0.39, 0.29) is 17.9 Å². The van der Waals surface area contributed by atoms with E-state index in [1.165, 1.54) is 11.3 Å². The molecule has 0 aliphatic carbocycles. The number of thiazole rings is 1. The molecule has 0 bridgehead atoms. The topological polar surface area (TPSA) is 54.0 Å². The van der Waals surface area contributed by atoms with Crippen LogP contribution in [0, 0.1) is 11.8 Å². The highest BCUT2D eigenvalue weighted by Gasteiger charge is 2.18. The van der Waals surface area contributed by atoms with E-state index in [1.54, 1.807) is 0 Å². The van der Waals surface area contributed by atoms with Crippen LogP contribution in [0.2, 0.25) is 0 Å². The smallest absolute Gasteiger partial charge is 0.229 e. The van der Waals surface area contributed by atoms with Crippen LogP contribution in [0.5, 0.6) is 0 Å². The van der Waals surface area contributed by atoms with Crippen LogP contribution in [0.4, 0.5) is 5.13 Å². The highest BCUT2D eigenvalue weighted by atomic mass is 32.1. The molecular weight excluding hydrogens is 234 g/mol. The fourth-order valence-corrected chi connectivity index (χ4v) is 2.02. The monoisotopic (exact) mass is 255 g/mol. The zero-order chi connectivity index (χ0) is 13.0. The lowest BCUT2D eigenvalue weighted by molar-refractivity contribution is -0.120. The van der Waals surface area contributed by atoms with Gasteiger partial charge < -0.3 is 10.6 Å². The van der Waals surface area contributed by atoms with Gasteiger partial charge in [0.2, 0.25) is 5.91 Å². The summed E-state index contributed by atoms with van der Waals surface area (Å²) in [5.41, 5.74) is 0.963. The molecule has 96 valence electrons. The molecule has 0 spiro atoms. The van der Waals surface area contributed by atoms with Crippen LogP contribution in [-0.2, 0) is 4.79 Å². The number of aromatic nitrogens is 1. The second-order valence-corrected chi connectivity index (χ2v) is 5.47. The summed E-state index contributed by atoms with van der Waals surface area (Å²) in [4.78, 5) is 16.2. The number of carbonyl (C=O) groups excluding carboxylic acids is 1. The fraction of sp³-hybridized carbons (Fsp3) is 0.667. The average molecular weight is 255 g/mol. The van der Waals surface area contributed by atoms with Gasteiger partial charge in [0.05, 0.1) is 5.69 Å². The van der Waals surface area contributed by atoms with Crippen LogP contribution in [0.25, 0.3) is 0 Å². The Morgan fingerprint density at radius 1 is 1.35 bits per heavy atom. The molecule has 0 aliphatic rings. The maximum atomic E-state index is 11.8. The standard InChI is InChI=1S/C12H21N3OS/c1-7(2)8(3)11(16)15-12-14-10(6-17-12)9(4)13-5/h6-9,13H,1-5H3,(H,14,15,16). The lowest BCUT2D eigenvalue weighted by Crippen LogP contribution is -2.24. The van der Waals surface area contributed by atoms with Crippen molar-refractivity contribution in [1.29, 1.82) is 0 Å². The normalized spacial score (nSPS) is 14.7. The molecule has 2 unspecified atom stereocenters. The summed E-state index contributed by atoms with van der Waals surface area (Å²) in [7, 11) is 1.89. The van der Waals surface area contributed by atoms with Gasteiger partial charge in [-0.3, -0.25) is 4.79 Å². The summed E-state index contributed by atoms with van der Waals surface area (Å²) < 4.78 is 0. The minimum atomic E-state index is 0.00377. The van der Waals surface area contributed by atoms with Crippen molar-refractivity contribution in [1.82, 2.24) is 10.3 Å². The van der Waals surface area contributed by atoms with E-state index in [4.69, 9.17) is 0 Å². The van der Waals surface area contributed by atoms with Crippen molar-refractivity contribution < 1.29 is 4.79 Å². The number of carbonyl (C=O) groups is 1. The zero-order valence-electron chi connectivity index (χ0n) is 11.1. The molecule has 1 rings (SSSR count). The lowest BCUT2D eigenvalue weighted by Gasteiger charge is -2.13. The van der Waals surface area contributed by atoms with Gasteiger partial charge in [-0.25, -0.2) is 4.98 Å². The minimum Gasteiger partial charge on any atom is -0.312 e. The van der Waals surface area contributed by atoms with E-state index in [9.17, 15) is 4.79 Å². The summed E-state index contributed by atoms with van der Waals surface area (Å²) in [6, 6.07) is 0.208. The van der Waals surface area contributed by atoms with Crippen LogP contribution in [0.1, 0.15) is 39.4 Å². The van der Waals surface area contributed by atoms with E-state index in [1.807, 2.05) is 40.1 Å².